The molecule has 1 amide bonds. The van der Waals surface area contributed by atoms with Gasteiger partial charge in [-0.25, -0.2) is 4.98 Å². The Kier molecular flexibility index (Phi) is 7.02. The molecular formula is C26H30N4O2. The van der Waals surface area contributed by atoms with E-state index < -0.39 is 0 Å². The number of pyridine rings is 1. The summed E-state index contributed by atoms with van der Waals surface area (Å²) in [5.41, 5.74) is 3.91. The first kappa shape index (κ1) is 21.8. The lowest BCUT2D eigenvalue weighted by Gasteiger charge is -2.34. The van der Waals surface area contributed by atoms with Crippen molar-refractivity contribution in [2.45, 2.75) is 20.1 Å². The zero-order valence-corrected chi connectivity index (χ0v) is 18.8. The second-order valence-electron chi connectivity index (χ2n) is 8.26. The zero-order valence-electron chi connectivity index (χ0n) is 18.8. The highest BCUT2D eigenvalue weighted by atomic mass is 16.5. The van der Waals surface area contributed by atoms with Crippen LogP contribution < -0.4 is 15.0 Å². The Morgan fingerprint density at radius 2 is 1.84 bits per heavy atom. The number of likely N-dealkylation sites (N-methyl/N-ethyl adjacent to an activating group) is 1. The lowest BCUT2D eigenvalue weighted by molar-refractivity contribution is 0.0950. The number of carbonyl (C=O) groups excluding carboxylic acids is 1. The number of aryl methyl sites for hydroxylation is 1. The van der Waals surface area contributed by atoms with Crippen molar-refractivity contribution >= 4 is 11.7 Å². The molecule has 0 atom stereocenters. The third-order valence-electron chi connectivity index (χ3n) is 5.69. The van der Waals surface area contributed by atoms with Crippen molar-refractivity contribution in [1.82, 2.24) is 15.2 Å². The molecule has 6 heteroatoms. The van der Waals surface area contributed by atoms with Gasteiger partial charge < -0.3 is 19.9 Å². The summed E-state index contributed by atoms with van der Waals surface area (Å²) in [5, 5.41) is 3.04. The fourth-order valence-electron chi connectivity index (χ4n) is 3.84. The fraction of sp³-hybridized carbons (Fsp3) is 0.308. The van der Waals surface area contributed by atoms with Gasteiger partial charge in [-0.15, -0.1) is 0 Å². The van der Waals surface area contributed by atoms with Crippen molar-refractivity contribution in [2.75, 3.05) is 38.1 Å². The van der Waals surface area contributed by atoms with E-state index in [4.69, 9.17) is 4.74 Å². The number of hydrogen-bond donors (Lipinski definition) is 1. The van der Waals surface area contributed by atoms with Gasteiger partial charge in [0, 0.05) is 50.0 Å². The van der Waals surface area contributed by atoms with Crippen molar-refractivity contribution in [1.29, 1.82) is 0 Å². The van der Waals surface area contributed by atoms with E-state index in [1.807, 2.05) is 42.6 Å². The van der Waals surface area contributed by atoms with Gasteiger partial charge in [0.25, 0.3) is 5.91 Å². The van der Waals surface area contributed by atoms with Crippen LogP contribution in [0.25, 0.3) is 0 Å². The van der Waals surface area contributed by atoms with E-state index in [2.05, 4.69) is 46.2 Å². The predicted octanol–water partition coefficient (Wildman–Crippen LogP) is 3.65. The average molecular weight is 431 g/mol. The molecule has 0 bridgehead atoms. The average Bonchev–Trinajstić information content (AvgIpc) is 2.82. The topological polar surface area (TPSA) is 57.7 Å². The Morgan fingerprint density at radius 1 is 1.03 bits per heavy atom. The van der Waals surface area contributed by atoms with E-state index in [1.165, 1.54) is 5.56 Å². The normalized spacial score (nSPS) is 14.2. The molecule has 1 N–H and O–H groups in total. The first-order chi connectivity index (χ1) is 15.6. The summed E-state index contributed by atoms with van der Waals surface area (Å²) in [7, 11) is 2.13. The number of nitrogens with one attached hydrogen (secondary N) is 1. The summed E-state index contributed by atoms with van der Waals surface area (Å²) in [6, 6.07) is 19.5. The standard InChI is InChI=1S/C26H30N4O2/c1-20-6-3-7-21(16-20)19-32-24-10-4-8-22(17-24)26(31)28-18-23-9-5-11-27-25(23)30-14-12-29(2)13-15-30/h3-11,16-17H,12-15,18-19H2,1-2H3,(H,28,31). The van der Waals surface area contributed by atoms with Gasteiger partial charge in [0.05, 0.1) is 0 Å². The molecule has 0 saturated carbocycles. The van der Waals surface area contributed by atoms with Crippen molar-refractivity contribution in [3.63, 3.8) is 0 Å². The summed E-state index contributed by atoms with van der Waals surface area (Å²) in [5.74, 6) is 1.51. The fourth-order valence-corrected chi connectivity index (χ4v) is 3.84. The minimum atomic E-state index is -0.126. The number of benzene rings is 2. The Labute approximate surface area is 189 Å². The largest absolute Gasteiger partial charge is 0.489 e. The molecule has 1 saturated heterocycles. The summed E-state index contributed by atoms with van der Waals surface area (Å²) in [6.45, 7) is 6.87. The maximum atomic E-state index is 12.8. The molecule has 1 aliphatic heterocycles. The summed E-state index contributed by atoms with van der Waals surface area (Å²) in [6.07, 6.45) is 1.81. The van der Waals surface area contributed by atoms with Crippen LogP contribution in [-0.4, -0.2) is 49.0 Å². The third-order valence-corrected chi connectivity index (χ3v) is 5.69. The van der Waals surface area contributed by atoms with E-state index >= 15 is 0 Å². The zero-order chi connectivity index (χ0) is 22.3. The quantitative estimate of drug-likeness (QED) is 0.620. The summed E-state index contributed by atoms with van der Waals surface area (Å²) in [4.78, 5) is 22.0. The molecule has 3 aromatic rings. The highest BCUT2D eigenvalue weighted by molar-refractivity contribution is 5.94. The van der Waals surface area contributed by atoms with Gasteiger partial charge in [0.2, 0.25) is 0 Å². The second-order valence-corrected chi connectivity index (χ2v) is 8.26. The number of aromatic nitrogens is 1. The van der Waals surface area contributed by atoms with Gasteiger partial charge in [0.1, 0.15) is 18.2 Å². The maximum absolute atomic E-state index is 12.8. The number of piperazine rings is 1. The van der Waals surface area contributed by atoms with Crippen molar-refractivity contribution in [3.05, 3.63) is 89.1 Å². The van der Waals surface area contributed by atoms with Crippen molar-refractivity contribution < 1.29 is 9.53 Å². The first-order valence-electron chi connectivity index (χ1n) is 11.0. The van der Waals surface area contributed by atoms with E-state index in [1.54, 1.807) is 12.1 Å². The van der Waals surface area contributed by atoms with E-state index in [0.29, 0.717) is 24.5 Å². The van der Waals surface area contributed by atoms with Gasteiger partial charge in [-0.1, -0.05) is 42.0 Å². The number of ether oxygens (including phenoxy) is 1. The molecule has 6 nitrogen and oxygen atoms in total. The molecule has 166 valence electrons. The Bertz CT molecular complexity index is 1060. The van der Waals surface area contributed by atoms with Crippen LogP contribution in [-0.2, 0) is 13.2 Å². The smallest absolute Gasteiger partial charge is 0.251 e. The number of anilines is 1. The molecule has 0 spiro atoms. The number of amides is 1. The van der Waals surface area contributed by atoms with Gasteiger partial charge >= 0.3 is 0 Å². The molecule has 4 rings (SSSR count). The highest BCUT2D eigenvalue weighted by Crippen LogP contribution is 2.20. The summed E-state index contributed by atoms with van der Waals surface area (Å²) >= 11 is 0. The van der Waals surface area contributed by atoms with Gasteiger partial charge in [-0.2, -0.15) is 0 Å². The van der Waals surface area contributed by atoms with Crippen LogP contribution in [0, 0.1) is 6.92 Å². The molecule has 2 heterocycles. The molecule has 1 aromatic heterocycles. The second kappa shape index (κ2) is 10.3. The molecule has 2 aromatic carbocycles. The third kappa shape index (κ3) is 5.65. The van der Waals surface area contributed by atoms with E-state index in [9.17, 15) is 4.79 Å². The van der Waals surface area contributed by atoms with Crippen LogP contribution in [0.4, 0.5) is 5.82 Å². The Morgan fingerprint density at radius 3 is 2.66 bits per heavy atom. The lowest BCUT2D eigenvalue weighted by Crippen LogP contribution is -2.45. The number of nitrogens with zero attached hydrogens (tertiary/aromatic N) is 3. The van der Waals surface area contributed by atoms with E-state index in [0.717, 1.165) is 43.1 Å². The number of rotatable bonds is 7. The van der Waals surface area contributed by atoms with Gasteiger partial charge in [-0.3, -0.25) is 4.79 Å². The molecule has 0 unspecified atom stereocenters. The summed E-state index contributed by atoms with van der Waals surface area (Å²) < 4.78 is 5.91. The van der Waals surface area contributed by atoms with Crippen LogP contribution in [0.2, 0.25) is 0 Å². The van der Waals surface area contributed by atoms with Crippen LogP contribution in [0.1, 0.15) is 27.0 Å². The minimum Gasteiger partial charge on any atom is -0.489 e. The Hall–Kier alpha value is -3.38. The monoisotopic (exact) mass is 430 g/mol. The molecule has 32 heavy (non-hydrogen) atoms. The van der Waals surface area contributed by atoms with E-state index in [-0.39, 0.29) is 5.91 Å². The van der Waals surface area contributed by atoms with Crippen LogP contribution in [0.3, 0.4) is 0 Å². The van der Waals surface area contributed by atoms with Crippen molar-refractivity contribution in [3.8, 4) is 5.75 Å². The lowest BCUT2D eigenvalue weighted by atomic mass is 10.1. The van der Waals surface area contributed by atoms with Crippen LogP contribution in [0.15, 0.2) is 66.9 Å². The van der Waals surface area contributed by atoms with Gasteiger partial charge in [0.15, 0.2) is 0 Å². The SMILES string of the molecule is Cc1cccc(COc2cccc(C(=O)NCc3cccnc3N3CCN(C)CC3)c2)c1. The Balaban J connectivity index is 1.37. The van der Waals surface area contributed by atoms with Crippen LogP contribution in [0.5, 0.6) is 5.75 Å². The van der Waals surface area contributed by atoms with Crippen molar-refractivity contribution in [2.24, 2.45) is 0 Å². The molecular weight excluding hydrogens is 400 g/mol. The number of hydrogen-bond acceptors (Lipinski definition) is 5. The predicted molar refractivity (Wildman–Crippen MR) is 127 cm³/mol. The maximum Gasteiger partial charge on any atom is 0.251 e. The molecule has 1 fully saturated rings. The van der Waals surface area contributed by atoms with Crippen LogP contribution >= 0.6 is 0 Å². The highest BCUT2D eigenvalue weighted by Gasteiger charge is 2.18. The molecule has 0 aliphatic carbocycles. The first-order valence-corrected chi connectivity index (χ1v) is 11.0. The minimum absolute atomic E-state index is 0.126. The molecule has 0 radical (unpaired) electrons. The number of carbonyl (C=O) groups is 1. The molecule has 1 aliphatic rings. The van der Waals surface area contributed by atoms with Gasteiger partial charge in [-0.05, 0) is 43.8 Å².